The van der Waals surface area contributed by atoms with Gasteiger partial charge in [-0.25, -0.2) is 9.97 Å². The van der Waals surface area contributed by atoms with Crippen molar-refractivity contribution in [2.45, 2.75) is 33.6 Å². The van der Waals surface area contributed by atoms with Crippen LogP contribution >= 0.6 is 0 Å². The van der Waals surface area contributed by atoms with Crippen molar-refractivity contribution in [3.8, 4) is 0 Å². The summed E-state index contributed by atoms with van der Waals surface area (Å²) < 4.78 is 2.25. The Bertz CT molecular complexity index is 1010. The number of aromatic nitrogens is 3. The molecule has 0 bridgehead atoms. The number of hydrogen-bond donors (Lipinski definition) is 0. The maximum absolute atomic E-state index is 4.98. The molecule has 0 aliphatic carbocycles. The largest absolute Gasteiger partial charge is 0.280 e. The number of hydrogen-bond acceptors (Lipinski definition) is 2. The topological polar surface area (TPSA) is 30.2 Å². The van der Waals surface area contributed by atoms with E-state index < -0.39 is 0 Å². The summed E-state index contributed by atoms with van der Waals surface area (Å²) in [5, 5.41) is 1.11. The lowest BCUT2D eigenvalue weighted by atomic mass is 9.86. The van der Waals surface area contributed by atoms with Crippen molar-refractivity contribution in [1.82, 2.24) is 14.4 Å². The van der Waals surface area contributed by atoms with Gasteiger partial charge in [-0.1, -0.05) is 51.5 Å². The minimum Gasteiger partial charge on any atom is -0.280 e. The predicted octanol–water partition coefficient (Wildman–Crippen LogP) is 5.01. The Morgan fingerprint density at radius 1 is 0.913 bits per heavy atom. The summed E-state index contributed by atoms with van der Waals surface area (Å²) in [5.41, 5.74) is 4.42. The van der Waals surface area contributed by atoms with Crippen molar-refractivity contribution in [2.24, 2.45) is 5.41 Å². The van der Waals surface area contributed by atoms with Gasteiger partial charge >= 0.3 is 0 Å². The molecule has 0 spiro atoms. The molecular formula is C20H21N3. The van der Waals surface area contributed by atoms with Gasteiger partial charge < -0.3 is 0 Å². The Kier molecular flexibility index (Phi) is 3.12. The monoisotopic (exact) mass is 303 g/mol. The van der Waals surface area contributed by atoms with E-state index in [1.807, 2.05) is 12.1 Å². The van der Waals surface area contributed by atoms with Crippen LogP contribution in [0.15, 0.2) is 48.5 Å². The molecule has 0 radical (unpaired) electrons. The van der Waals surface area contributed by atoms with E-state index in [0.717, 1.165) is 46.2 Å². The molecule has 0 fully saturated rings. The van der Waals surface area contributed by atoms with Gasteiger partial charge in [-0.3, -0.25) is 4.40 Å². The summed E-state index contributed by atoms with van der Waals surface area (Å²) in [4.78, 5) is 9.86. The third-order valence-electron chi connectivity index (χ3n) is 4.81. The Balaban J connectivity index is 2.13. The number of fused-ring (bicyclic) bond motifs is 5. The van der Waals surface area contributed by atoms with Crippen LogP contribution in [-0.2, 0) is 6.42 Å². The molecule has 2 heterocycles. The maximum atomic E-state index is 4.98. The van der Waals surface area contributed by atoms with Crippen molar-refractivity contribution in [3.63, 3.8) is 0 Å². The van der Waals surface area contributed by atoms with Crippen LogP contribution in [-0.4, -0.2) is 14.4 Å². The molecule has 116 valence electrons. The SMILES string of the molecule is CCC(C)(C)Cc1nc2ccccc2c2nc3ccccc3n12. The summed E-state index contributed by atoms with van der Waals surface area (Å²) >= 11 is 0. The van der Waals surface area contributed by atoms with E-state index in [9.17, 15) is 0 Å². The number of rotatable bonds is 3. The van der Waals surface area contributed by atoms with E-state index >= 15 is 0 Å². The lowest BCUT2D eigenvalue weighted by Gasteiger charge is -2.23. The highest BCUT2D eigenvalue weighted by Crippen LogP contribution is 2.29. The van der Waals surface area contributed by atoms with E-state index in [-0.39, 0.29) is 5.41 Å². The normalized spacial score (nSPS) is 12.5. The molecule has 0 N–H and O–H groups in total. The van der Waals surface area contributed by atoms with E-state index in [1.165, 1.54) is 0 Å². The first-order valence-corrected chi connectivity index (χ1v) is 8.24. The zero-order chi connectivity index (χ0) is 16.0. The summed E-state index contributed by atoms with van der Waals surface area (Å²) in [5.74, 6) is 1.10. The third kappa shape index (κ3) is 2.27. The van der Waals surface area contributed by atoms with Crippen molar-refractivity contribution >= 4 is 27.6 Å². The smallest absolute Gasteiger partial charge is 0.148 e. The van der Waals surface area contributed by atoms with Gasteiger partial charge in [0.2, 0.25) is 0 Å². The molecule has 23 heavy (non-hydrogen) atoms. The first kappa shape index (κ1) is 14.2. The van der Waals surface area contributed by atoms with Crippen molar-refractivity contribution in [1.29, 1.82) is 0 Å². The van der Waals surface area contributed by atoms with Crippen LogP contribution in [0.5, 0.6) is 0 Å². The lowest BCUT2D eigenvalue weighted by Crippen LogP contribution is -2.17. The van der Waals surface area contributed by atoms with Crippen molar-refractivity contribution in [3.05, 3.63) is 54.4 Å². The van der Waals surface area contributed by atoms with Crippen LogP contribution in [0.25, 0.3) is 27.6 Å². The highest BCUT2D eigenvalue weighted by Gasteiger charge is 2.21. The van der Waals surface area contributed by atoms with Gasteiger partial charge in [0.1, 0.15) is 11.5 Å². The summed E-state index contributed by atoms with van der Waals surface area (Å²) in [6, 6.07) is 16.6. The van der Waals surface area contributed by atoms with Gasteiger partial charge in [-0.15, -0.1) is 0 Å². The van der Waals surface area contributed by atoms with Gasteiger partial charge in [0.25, 0.3) is 0 Å². The summed E-state index contributed by atoms with van der Waals surface area (Å²) in [6.07, 6.45) is 2.06. The Labute approximate surface area is 136 Å². The number of imidazole rings is 1. The van der Waals surface area contributed by atoms with Crippen LogP contribution in [0.4, 0.5) is 0 Å². The Morgan fingerprint density at radius 2 is 1.61 bits per heavy atom. The molecule has 4 rings (SSSR count). The fourth-order valence-corrected chi connectivity index (χ4v) is 3.09. The van der Waals surface area contributed by atoms with Crippen molar-refractivity contribution < 1.29 is 0 Å². The van der Waals surface area contributed by atoms with Crippen LogP contribution in [0.2, 0.25) is 0 Å². The Hall–Kier alpha value is -2.42. The second-order valence-electron chi connectivity index (χ2n) is 7.00. The second-order valence-corrected chi connectivity index (χ2v) is 7.00. The molecule has 0 aliphatic heterocycles. The zero-order valence-corrected chi connectivity index (χ0v) is 13.9. The molecule has 0 atom stereocenters. The molecule has 2 aromatic heterocycles. The predicted molar refractivity (Wildman–Crippen MR) is 95.8 cm³/mol. The van der Waals surface area contributed by atoms with Crippen LogP contribution in [0.1, 0.15) is 33.0 Å². The zero-order valence-electron chi connectivity index (χ0n) is 13.9. The molecule has 3 heteroatoms. The van der Waals surface area contributed by atoms with Crippen LogP contribution in [0.3, 0.4) is 0 Å². The van der Waals surface area contributed by atoms with Crippen LogP contribution in [0, 0.1) is 5.41 Å². The van der Waals surface area contributed by atoms with Gasteiger partial charge in [-0.2, -0.15) is 0 Å². The number of nitrogens with zero attached hydrogens (tertiary/aromatic N) is 3. The molecule has 0 saturated carbocycles. The van der Waals surface area contributed by atoms with E-state index in [1.54, 1.807) is 0 Å². The standard InChI is InChI=1S/C20H21N3/c1-4-20(2,3)13-18-21-15-10-6-5-9-14(15)19-22-16-11-7-8-12-17(16)23(18)19/h5-12H,4,13H2,1-3H3. The second kappa shape index (κ2) is 5.05. The van der Waals surface area contributed by atoms with Gasteiger partial charge in [0, 0.05) is 11.8 Å². The molecule has 0 amide bonds. The maximum Gasteiger partial charge on any atom is 0.148 e. The average molecular weight is 303 g/mol. The minimum absolute atomic E-state index is 0.216. The first-order chi connectivity index (χ1) is 11.1. The Morgan fingerprint density at radius 3 is 2.39 bits per heavy atom. The first-order valence-electron chi connectivity index (χ1n) is 8.24. The lowest BCUT2D eigenvalue weighted by molar-refractivity contribution is 0.340. The minimum atomic E-state index is 0.216. The van der Waals surface area contributed by atoms with Gasteiger partial charge in [-0.05, 0) is 29.7 Å². The molecule has 0 saturated heterocycles. The molecular weight excluding hydrogens is 282 g/mol. The van der Waals surface area contributed by atoms with Crippen LogP contribution < -0.4 is 0 Å². The van der Waals surface area contributed by atoms with Gasteiger partial charge in [0.05, 0.1) is 16.6 Å². The fourth-order valence-electron chi connectivity index (χ4n) is 3.09. The molecule has 0 aliphatic rings. The number of para-hydroxylation sites is 3. The van der Waals surface area contributed by atoms with Crippen molar-refractivity contribution in [2.75, 3.05) is 0 Å². The molecule has 0 unspecified atom stereocenters. The summed E-state index contributed by atoms with van der Waals surface area (Å²) in [7, 11) is 0. The molecule has 3 nitrogen and oxygen atoms in total. The van der Waals surface area contributed by atoms with E-state index in [2.05, 4.69) is 61.6 Å². The fraction of sp³-hybridized carbons (Fsp3) is 0.300. The highest BCUT2D eigenvalue weighted by molar-refractivity contribution is 5.96. The summed E-state index contributed by atoms with van der Waals surface area (Å²) in [6.45, 7) is 6.84. The average Bonchev–Trinajstić information content (AvgIpc) is 2.95. The highest BCUT2D eigenvalue weighted by atomic mass is 15.1. The van der Waals surface area contributed by atoms with E-state index in [0.29, 0.717) is 0 Å². The quantitative estimate of drug-likeness (QED) is 0.532. The molecule has 2 aromatic carbocycles. The van der Waals surface area contributed by atoms with Gasteiger partial charge in [0.15, 0.2) is 0 Å². The molecule has 4 aromatic rings. The number of benzene rings is 2. The third-order valence-corrected chi connectivity index (χ3v) is 4.81. The van der Waals surface area contributed by atoms with E-state index in [4.69, 9.17) is 9.97 Å².